The first-order chi connectivity index (χ1) is 8.50. The second kappa shape index (κ2) is 6.83. The molecule has 0 aliphatic rings. The zero-order valence-corrected chi connectivity index (χ0v) is 10.6. The maximum Gasteiger partial charge on any atom is 0.333 e. The predicted molar refractivity (Wildman–Crippen MR) is 68.6 cm³/mol. The smallest absolute Gasteiger partial charge is 0.333 e. The molecule has 0 saturated heterocycles. The number of benzene rings is 1. The van der Waals surface area contributed by atoms with E-state index in [4.69, 9.17) is 17.3 Å². The highest BCUT2D eigenvalue weighted by molar-refractivity contribution is 6.31. The maximum absolute atomic E-state index is 11.3. The Labute approximate surface area is 110 Å². The van der Waals surface area contributed by atoms with E-state index in [1.807, 2.05) is 6.07 Å². The van der Waals surface area contributed by atoms with E-state index in [9.17, 15) is 9.59 Å². The van der Waals surface area contributed by atoms with Gasteiger partial charge in [-0.05, 0) is 18.6 Å². The van der Waals surface area contributed by atoms with Gasteiger partial charge in [-0.15, -0.1) is 0 Å². The quantitative estimate of drug-likeness (QED) is 0.603. The highest BCUT2D eigenvalue weighted by Crippen LogP contribution is 2.13. The van der Waals surface area contributed by atoms with Crippen molar-refractivity contribution in [3.63, 3.8) is 0 Å². The summed E-state index contributed by atoms with van der Waals surface area (Å²) in [5, 5.41) is 3.11. The number of hydrogen-bond acceptors (Lipinski definition) is 3. The molecule has 0 aliphatic heterocycles. The van der Waals surface area contributed by atoms with Crippen LogP contribution in [0.2, 0.25) is 5.02 Å². The zero-order valence-electron chi connectivity index (χ0n) is 9.87. The maximum atomic E-state index is 11.3. The third-order valence-electron chi connectivity index (χ3n) is 2.11. The van der Waals surface area contributed by atoms with Crippen LogP contribution in [0, 0.1) is 0 Å². The van der Waals surface area contributed by atoms with E-state index in [0.29, 0.717) is 5.02 Å². The van der Waals surface area contributed by atoms with Gasteiger partial charge in [0.1, 0.15) is 0 Å². The third-order valence-corrected chi connectivity index (χ3v) is 2.48. The van der Waals surface area contributed by atoms with E-state index in [0.717, 1.165) is 5.56 Å². The highest BCUT2D eigenvalue weighted by atomic mass is 35.5. The average molecular weight is 271 g/mol. The highest BCUT2D eigenvalue weighted by Gasteiger charge is 2.08. The van der Waals surface area contributed by atoms with Gasteiger partial charge in [0.2, 0.25) is 0 Å². The molecule has 0 heterocycles. The first-order valence-corrected chi connectivity index (χ1v) is 5.71. The monoisotopic (exact) mass is 270 g/mol. The van der Waals surface area contributed by atoms with Gasteiger partial charge in [-0.2, -0.15) is 0 Å². The number of carbonyl (C=O) groups excluding carboxylic acids is 2. The Morgan fingerprint density at radius 2 is 2.00 bits per heavy atom. The molecule has 1 unspecified atom stereocenters. The lowest BCUT2D eigenvalue weighted by Gasteiger charge is -2.10. The minimum atomic E-state index is -0.686. The van der Waals surface area contributed by atoms with Crippen molar-refractivity contribution in [3.8, 4) is 0 Å². The fourth-order valence-electron chi connectivity index (χ4n) is 1.09. The van der Waals surface area contributed by atoms with Crippen LogP contribution in [0.4, 0.5) is 4.79 Å². The summed E-state index contributed by atoms with van der Waals surface area (Å²) in [6.45, 7) is 1.78. The molecule has 0 aromatic heterocycles. The molecule has 0 bridgehead atoms. The molecule has 3 amide bonds. The van der Waals surface area contributed by atoms with E-state index >= 15 is 0 Å². The average Bonchev–Trinajstić information content (AvgIpc) is 2.34. The van der Waals surface area contributed by atoms with Crippen molar-refractivity contribution in [2.45, 2.75) is 19.5 Å². The molecule has 18 heavy (non-hydrogen) atoms. The van der Waals surface area contributed by atoms with Gasteiger partial charge in [-0.25, -0.2) is 10.2 Å². The van der Waals surface area contributed by atoms with Gasteiger partial charge in [-0.1, -0.05) is 29.8 Å². The van der Waals surface area contributed by atoms with Crippen LogP contribution in [0.15, 0.2) is 24.3 Å². The summed E-state index contributed by atoms with van der Waals surface area (Å²) in [6, 6.07) is 5.92. The number of halogens is 1. The van der Waals surface area contributed by atoms with Gasteiger partial charge < -0.3 is 11.1 Å². The van der Waals surface area contributed by atoms with Gasteiger partial charge in [-0.3, -0.25) is 10.2 Å². The van der Waals surface area contributed by atoms with Crippen molar-refractivity contribution < 1.29 is 9.59 Å². The molecular formula is C11H15ClN4O2. The van der Waals surface area contributed by atoms with Crippen LogP contribution in [0.5, 0.6) is 0 Å². The van der Waals surface area contributed by atoms with E-state index in [-0.39, 0.29) is 6.54 Å². The Morgan fingerprint density at radius 3 is 2.61 bits per heavy atom. The molecule has 0 saturated carbocycles. The Hall–Kier alpha value is -1.79. The van der Waals surface area contributed by atoms with Crippen LogP contribution >= 0.6 is 11.6 Å². The van der Waals surface area contributed by atoms with E-state index < -0.39 is 18.0 Å². The Balaban J connectivity index is 2.34. The van der Waals surface area contributed by atoms with Crippen LogP contribution in [0.25, 0.3) is 0 Å². The number of hydrogen-bond donors (Lipinski definition) is 4. The Kier molecular flexibility index (Phi) is 5.41. The normalized spacial score (nSPS) is 11.5. The number of nitrogens with one attached hydrogen (secondary N) is 3. The lowest BCUT2D eigenvalue weighted by atomic mass is 10.2. The molecule has 1 rings (SSSR count). The molecule has 6 nitrogen and oxygen atoms in total. The lowest BCUT2D eigenvalue weighted by Crippen LogP contribution is -2.51. The number of urea groups is 1. The Morgan fingerprint density at radius 1 is 1.33 bits per heavy atom. The van der Waals surface area contributed by atoms with Gasteiger partial charge >= 0.3 is 6.03 Å². The Bertz CT molecular complexity index is 437. The standard InChI is InChI=1S/C11H15ClN4O2/c1-7(13)10(17)15-16-11(18)14-6-8-4-2-3-5-9(8)12/h2-5,7H,6,13H2,1H3,(H,15,17)(H2,14,16,18). The number of nitrogens with two attached hydrogens (primary N) is 1. The number of amides is 3. The molecule has 0 spiro atoms. The topological polar surface area (TPSA) is 96.2 Å². The minimum Gasteiger partial charge on any atom is -0.333 e. The van der Waals surface area contributed by atoms with Crippen LogP contribution in [0.3, 0.4) is 0 Å². The van der Waals surface area contributed by atoms with Gasteiger partial charge in [0, 0.05) is 11.6 Å². The number of carbonyl (C=O) groups is 2. The molecule has 1 atom stereocenters. The van der Waals surface area contributed by atoms with Crippen molar-refractivity contribution in [3.05, 3.63) is 34.9 Å². The van der Waals surface area contributed by atoms with Crippen molar-refractivity contribution in [2.75, 3.05) is 0 Å². The number of hydrazine groups is 1. The minimum absolute atomic E-state index is 0.263. The largest absolute Gasteiger partial charge is 0.333 e. The van der Waals surface area contributed by atoms with Crippen molar-refractivity contribution in [1.29, 1.82) is 0 Å². The second-order valence-electron chi connectivity index (χ2n) is 3.68. The molecule has 98 valence electrons. The van der Waals surface area contributed by atoms with E-state index in [1.165, 1.54) is 6.92 Å². The summed E-state index contributed by atoms with van der Waals surface area (Å²) in [7, 11) is 0. The molecule has 0 aliphatic carbocycles. The van der Waals surface area contributed by atoms with Crippen LogP contribution in [-0.2, 0) is 11.3 Å². The molecule has 0 fully saturated rings. The summed E-state index contributed by atoms with van der Waals surface area (Å²) >= 11 is 5.92. The molecule has 1 aromatic rings. The van der Waals surface area contributed by atoms with E-state index in [1.54, 1.807) is 18.2 Å². The van der Waals surface area contributed by atoms with Crippen LogP contribution in [0.1, 0.15) is 12.5 Å². The van der Waals surface area contributed by atoms with Gasteiger partial charge in [0.15, 0.2) is 0 Å². The van der Waals surface area contributed by atoms with Crippen LogP contribution in [-0.4, -0.2) is 18.0 Å². The summed E-state index contributed by atoms with van der Waals surface area (Å²) in [5.41, 5.74) is 10.4. The lowest BCUT2D eigenvalue weighted by molar-refractivity contribution is -0.122. The first kappa shape index (κ1) is 14.3. The molecule has 5 N–H and O–H groups in total. The SMILES string of the molecule is CC(N)C(=O)NNC(=O)NCc1ccccc1Cl. The molecule has 1 aromatic carbocycles. The van der Waals surface area contributed by atoms with E-state index in [2.05, 4.69) is 16.2 Å². The number of rotatable bonds is 3. The zero-order chi connectivity index (χ0) is 13.5. The first-order valence-electron chi connectivity index (χ1n) is 5.33. The summed E-state index contributed by atoms with van der Waals surface area (Å²) in [6.07, 6.45) is 0. The van der Waals surface area contributed by atoms with Crippen LogP contribution < -0.4 is 21.9 Å². The van der Waals surface area contributed by atoms with Gasteiger partial charge in [0.25, 0.3) is 5.91 Å². The molecule has 7 heteroatoms. The second-order valence-corrected chi connectivity index (χ2v) is 4.08. The van der Waals surface area contributed by atoms with Crippen molar-refractivity contribution in [2.24, 2.45) is 5.73 Å². The summed E-state index contributed by atoms with van der Waals surface area (Å²) in [4.78, 5) is 22.4. The predicted octanol–water partition coefficient (Wildman–Crippen LogP) is 0.518. The molecule has 0 radical (unpaired) electrons. The van der Waals surface area contributed by atoms with Crippen molar-refractivity contribution in [1.82, 2.24) is 16.2 Å². The third kappa shape index (κ3) is 4.60. The fourth-order valence-corrected chi connectivity index (χ4v) is 1.30. The van der Waals surface area contributed by atoms with Crippen molar-refractivity contribution >= 4 is 23.5 Å². The van der Waals surface area contributed by atoms with Gasteiger partial charge in [0.05, 0.1) is 6.04 Å². The summed E-state index contributed by atoms with van der Waals surface area (Å²) < 4.78 is 0. The fraction of sp³-hybridized carbons (Fsp3) is 0.273. The summed E-state index contributed by atoms with van der Waals surface area (Å²) in [5.74, 6) is -0.470. The molecular weight excluding hydrogens is 256 g/mol.